The van der Waals surface area contributed by atoms with Crippen LogP contribution in [0.25, 0.3) is 11.8 Å². The van der Waals surface area contributed by atoms with E-state index in [1.54, 1.807) is 74.7 Å². The van der Waals surface area contributed by atoms with Gasteiger partial charge in [-0.2, -0.15) is 9.40 Å². The third-order valence-electron chi connectivity index (χ3n) is 24.0. The van der Waals surface area contributed by atoms with E-state index in [2.05, 4.69) is 57.2 Å². The summed E-state index contributed by atoms with van der Waals surface area (Å²) in [6.45, 7) is 22.8. The van der Waals surface area contributed by atoms with Crippen LogP contribution in [-0.2, 0) is 83.8 Å². The quantitative estimate of drug-likeness (QED) is 0.0585. The number of halogens is 2. The van der Waals surface area contributed by atoms with Gasteiger partial charge >= 0.3 is 12.1 Å². The number of carbonyl (C=O) groups is 7. The number of hydrogen-bond acceptors (Lipinski definition) is 18. The molecule has 2 aliphatic heterocycles. The van der Waals surface area contributed by atoms with Gasteiger partial charge in [-0.3, -0.25) is 28.8 Å². The summed E-state index contributed by atoms with van der Waals surface area (Å²) in [4.78, 5) is 87.7. The smallest absolute Gasteiger partial charge is 0.405 e. The number of sulfonamides is 1. The lowest BCUT2D eigenvalue weighted by molar-refractivity contribution is -0.151. The van der Waals surface area contributed by atoms with Gasteiger partial charge < -0.3 is 49.3 Å². The Morgan fingerprint density at radius 3 is 2.20 bits per heavy atom. The summed E-state index contributed by atoms with van der Waals surface area (Å²) >= 11 is 6.79. The molecule has 0 spiro atoms. The normalized spacial score (nSPS) is 32.6. The van der Waals surface area contributed by atoms with Crippen molar-refractivity contribution in [2.45, 2.75) is 168 Å². The lowest BCUT2D eigenvalue weighted by Gasteiger charge is -2.56. The van der Waals surface area contributed by atoms with Gasteiger partial charge in [-0.1, -0.05) is 108 Å². The molecule has 108 heavy (non-hydrogen) atoms. The van der Waals surface area contributed by atoms with Gasteiger partial charge in [-0.05, 0) is 183 Å². The number of primary amides is 1. The summed E-state index contributed by atoms with van der Waals surface area (Å²) in [6, 6.07) is 13.5. The van der Waals surface area contributed by atoms with Crippen molar-refractivity contribution in [3.05, 3.63) is 164 Å². The molecule has 9 aliphatic rings. The van der Waals surface area contributed by atoms with Gasteiger partial charge in [0.15, 0.2) is 17.6 Å². The predicted molar refractivity (Wildman–Crippen MR) is 404 cm³/mol. The number of aliphatic hydroxyl groups is 1. The first kappa shape index (κ1) is 82.7. The Labute approximate surface area is 638 Å². The van der Waals surface area contributed by atoms with Crippen molar-refractivity contribution < 1.29 is 84.6 Å². The van der Waals surface area contributed by atoms with Crippen molar-refractivity contribution in [3.63, 3.8) is 0 Å². The molecule has 1 aromatic heterocycles. The van der Waals surface area contributed by atoms with Crippen LogP contribution in [0, 0.1) is 69.4 Å². The molecule has 1 saturated heterocycles. The third kappa shape index (κ3) is 17.1. The number of nitrogens with one attached hydrogen (secondary N) is 1. The van der Waals surface area contributed by atoms with Crippen LogP contribution in [0.5, 0.6) is 0 Å². The van der Waals surface area contributed by atoms with Crippen LogP contribution in [-0.4, -0.2) is 161 Å². The van der Waals surface area contributed by atoms with Crippen LogP contribution in [0.4, 0.5) is 9.18 Å². The van der Waals surface area contributed by atoms with Gasteiger partial charge in [0, 0.05) is 86.3 Å². The number of amides is 2. The number of allylic oxidation sites excluding steroid dienone is 8. The minimum Gasteiger partial charge on any atom is -0.492 e. The molecule has 0 unspecified atom stereocenters. The highest BCUT2D eigenvalue weighted by molar-refractivity contribution is 7.89. The standard InChI is InChI=1S/C30H36FN3O4S.C29H40N2O9.C24H29ClO4/c1-29(2,3)23-5-11-27(12-6-23)39(35,36)33-14-13-24-17-28-22(18-30(24,20-33)21-38-16-15-37-4)19-32-34(28)26-9-7-25(31)8-10-26;1-15-11-19-25(34)20(14-21(32)27(19)39-7)31-28(35)16(2)9-8-10-22(37-5)26(40-29(30)36)18(4)13-17(3)24(33)23(12-15)38-6;1-11(26)22-21(29-12(2)27)10-16-13-8-19(25)18-9-20(28)14-7-17(14)24(18,4)15(13)5-6-23(16,22)3/h5-12,17,19H,13-16,18,20-21H2,1-4H3;8-10,13-15,17,22-24,26,33H,11-12H2,1-7H3,(H2,30,36)(H,31,35);8-9,13-17,21-22H,5-7,10H2,1-4H3/b;10-8+,16-9+,18-13+;/t30-;15-,17+,22+,23+,24-,26+;13-,14-,15+,16+,17+,21-,22+,23+,24+/m111/s1. The van der Waals surface area contributed by atoms with Crippen LogP contribution >= 0.6 is 11.6 Å². The minimum absolute atomic E-state index is 0.0606. The Kier molecular flexibility index (Phi) is 25.6. The van der Waals surface area contributed by atoms with Gasteiger partial charge in [0.1, 0.15) is 23.8 Å². The number of benzene rings is 2. The van der Waals surface area contributed by atoms with Crippen molar-refractivity contribution in [1.82, 2.24) is 19.4 Å². The maximum Gasteiger partial charge on any atom is 0.405 e. The summed E-state index contributed by atoms with van der Waals surface area (Å²) in [5.74, 6) is -1.43. The average molecular weight is 1530 g/mol. The molecule has 22 nitrogen and oxygen atoms in total. The highest BCUT2D eigenvalue weighted by atomic mass is 35.5. The van der Waals surface area contributed by atoms with E-state index in [4.69, 9.17) is 50.5 Å². The number of hydrogen-bond donors (Lipinski definition) is 3. The first-order chi connectivity index (χ1) is 51.0. The van der Waals surface area contributed by atoms with Crippen LogP contribution in [0.1, 0.15) is 138 Å². The zero-order valence-corrected chi connectivity index (χ0v) is 66.1. The predicted octanol–water partition coefficient (Wildman–Crippen LogP) is 11.9. The molecule has 2 aromatic carbocycles. The fraction of sp³-hybridized carbons (Fsp3) is 0.542. The summed E-state index contributed by atoms with van der Waals surface area (Å²) < 4.78 is 83.2. The van der Waals surface area contributed by atoms with Gasteiger partial charge in [0.05, 0.1) is 73.2 Å². The van der Waals surface area contributed by atoms with Crippen LogP contribution in [0.2, 0.25) is 0 Å². The number of aromatic nitrogens is 2. The fourth-order valence-electron chi connectivity index (χ4n) is 18.3. The molecule has 16 atom stereocenters. The van der Waals surface area contributed by atoms with E-state index in [1.165, 1.54) is 53.4 Å². The maximum atomic E-state index is 13.8. The molecular formula is C83H105ClFN5O17S. The molecule has 12 rings (SSSR count). The molecule has 4 N–H and O–H groups in total. The van der Waals surface area contributed by atoms with Crippen molar-refractivity contribution in [2.75, 3.05) is 61.3 Å². The Morgan fingerprint density at radius 2 is 1.57 bits per heavy atom. The van der Waals surface area contributed by atoms with Gasteiger partial charge in [-0.25, -0.2) is 22.3 Å². The number of fused-ring (bicyclic) bond motifs is 11. The Bertz CT molecular complexity index is 4360. The van der Waals surface area contributed by atoms with E-state index in [1.807, 2.05) is 36.0 Å². The third-order valence-corrected chi connectivity index (χ3v) is 26.1. The topological polar surface area (TPSA) is 298 Å². The van der Waals surface area contributed by atoms with E-state index in [0.717, 1.165) is 59.0 Å². The Morgan fingerprint density at radius 1 is 0.870 bits per heavy atom. The highest BCUT2D eigenvalue weighted by Crippen LogP contribution is 2.72. The molecule has 7 aliphatic carbocycles. The van der Waals surface area contributed by atoms with Crippen molar-refractivity contribution in [3.8, 4) is 5.69 Å². The lowest BCUT2D eigenvalue weighted by atomic mass is 9.48. The summed E-state index contributed by atoms with van der Waals surface area (Å²) in [6.07, 6.45) is 16.0. The molecule has 2 amide bonds. The van der Waals surface area contributed by atoms with E-state index in [9.17, 15) is 51.5 Å². The second-order valence-electron chi connectivity index (χ2n) is 32.1. The molecular weight excluding hydrogens is 1430 g/mol. The first-order valence-electron chi connectivity index (χ1n) is 37.1. The number of methoxy groups -OCH3 is 4. The molecule has 3 heterocycles. The van der Waals surface area contributed by atoms with E-state index < -0.39 is 69.3 Å². The zero-order valence-electron chi connectivity index (χ0n) is 64.6. The number of esters is 1. The number of piperidine rings is 1. The average Bonchev–Trinajstić information content (AvgIpc) is 1.57. The largest absolute Gasteiger partial charge is 0.492 e. The molecule has 4 fully saturated rings. The number of rotatable bonds is 14. The monoisotopic (exact) mass is 1530 g/mol. The number of Topliss-reactive ketones (excluding diaryl/α,β-unsaturated/α-hetero) is 2. The molecule has 3 aromatic rings. The molecule has 0 radical (unpaired) electrons. The molecule has 2 bridgehead atoms. The van der Waals surface area contributed by atoms with Crippen LogP contribution < -0.4 is 11.1 Å². The fourth-order valence-corrected chi connectivity index (χ4v) is 20.2. The molecule has 3 saturated carbocycles. The highest BCUT2D eigenvalue weighted by Gasteiger charge is 2.68. The van der Waals surface area contributed by atoms with E-state index in [0.29, 0.717) is 85.9 Å². The van der Waals surface area contributed by atoms with E-state index in [-0.39, 0.29) is 104 Å². The summed E-state index contributed by atoms with van der Waals surface area (Å²) in [7, 11) is 2.14. The van der Waals surface area contributed by atoms with Crippen molar-refractivity contribution in [2.24, 2.45) is 69.3 Å². The summed E-state index contributed by atoms with van der Waals surface area (Å²) in [5.41, 5.74) is 11.3. The number of nitrogens with zero attached hydrogens (tertiary/aromatic N) is 3. The van der Waals surface area contributed by atoms with Crippen molar-refractivity contribution in [1.29, 1.82) is 0 Å². The van der Waals surface area contributed by atoms with Gasteiger partial charge in [-0.15, -0.1) is 0 Å². The number of ketones is 4. The van der Waals surface area contributed by atoms with Crippen LogP contribution in [0.3, 0.4) is 0 Å². The number of ether oxygens (including phenoxy) is 7. The minimum atomic E-state index is -3.70. The first-order valence-corrected chi connectivity index (χ1v) is 38.9. The second-order valence-corrected chi connectivity index (χ2v) is 34.4. The summed E-state index contributed by atoms with van der Waals surface area (Å²) in [5, 5.41) is 19.0. The number of aliphatic hydroxyl groups excluding tert-OH is 1. The second kappa shape index (κ2) is 33.4. The molecule has 25 heteroatoms. The SMILES string of the molecule is CC(=O)O[C@@H]1C[C@H]2[C@@H]3C=C(Cl)C4=CC(=O)[C@@H]5C[C@@H]5[C@]4(C)[C@H]3CC[C@]2(C)[C@H]1C(C)=O.COC1=C2C[C@@H](C)C[C@H](OC)[C@H](O)[C@@H](C)/C=C(\C)[C@H](OC(N)=O)[C@@H](OC)/C=C/C=C(\C)C(=O)NC(=CC1=O)C2=O.COCCOC[C@]12Cc3cnn(-c4ccc(F)cc4)c3C=C1CCN(S(=O)(=O)c1ccc(C(C)(C)C)cc1)C2. The Balaban J connectivity index is 0.000000175. The zero-order chi connectivity index (χ0) is 78.9. The number of carbonyl (C=O) groups excluding carboxylic acids is 7. The number of nitrogens with two attached hydrogens (primary N) is 1. The van der Waals surface area contributed by atoms with E-state index >= 15 is 0 Å². The van der Waals surface area contributed by atoms with Gasteiger partial charge in [0.2, 0.25) is 21.6 Å². The van der Waals surface area contributed by atoms with Crippen molar-refractivity contribution >= 4 is 68.8 Å². The maximum absolute atomic E-state index is 13.8. The lowest BCUT2D eigenvalue weighted by Crippen LogP contribution is -2.51. The van der Waals surface area contributed by atoms with Gasteiger partial charge in [0.25, 0.3) is 5.91 Å². The van der Waals surface area contributed by atoms with Crippen LogP contribution in [0.15, 0.2) is 147 Å². The Hall–Kier alpha value is -7.81. The molecule has 584 valence electrons.